The lowest BCUT2D eigenvalue weighted by Gasteiger charge is -2.20. The summed E-state index contributed by atoms with van der Waals surface area (Å²) in [6, 6.07) is 7.53. The maximum Gasteiger partial charge on any atom is 0.198 e. The van der Waals surface area contributed by atoms with Crippen molar-refractivity contribution in [1.29, 1.82) is 0 Å². The molecular formula is C18H14O5. The first-order chi connectivity index (χ1) is 10.9. The average molecular weight is 310 g/mol. The Labute approximate surface area is 132 Å². The average Bonchev–Trinajstić information content (AvgIpc) is 2.52. The molecule has 0 unspecified atom stereocenters. The number of aromatic hydroxyl groups is 2. The molecule has 5 nitrogen and oxygen atoms in total. The summed E-state index contributed by atoms with van der Waals surface area (Å²) in [5, 5.41) is 20.6. The van der Waals surface area contributed by atoms with Crippen molar-refractivity contribution in [3.8, 4) is 11.5 Å². The summed E-state index contributed by atoms with van der Waals surface area (Å²) in [5.74, 6) is -1.78. The Bertz CT molecular complexity index is 864. The summed E-state index contributed by atoms with van der Waals surface area (Å²) in [6.07, 6.45) is 0.357. The van der Waals surface area contributed by atoms with Gasteiger partial charge in [0.2, 0.25) is 0 Å². The van der Waals surface area contributed by atoms with Crippen LogP contribution in [0.4, 0.5) is 0 Å². The molecule has 116 valence electrons. The Kier molecular flexibility index (Phi) is 3.48. The number of phenolic OH excluding ortho intramolecular Hbond substituents is 2. The predicted octanol–water partition coefficient (Wildman–Crippen LogP) is 2.39. The van der Waals surface area contributed by atoms with E-state index in [4.69, 9.17) is 0 Å². The van der Waals surface area contributed by atoms with Gasteiger partial charge in [0.25, 0.3) is 0 Å². The molecule has 0 saturated heterocycles. The second-order valence-electron chi connectivity index (χ2n) is 5.56. The molecule has 0 spiro atoms. The Morgan fingerprint density at radius 3 is 2.13 bits per heavy atom. The lowest BCUT2D eigenvalue weighted by Crippen LogP contribution is -2.21. The van der Waals surface area contributed by atoms with Gasteiger partial charge in [-0.05, 0) is 25.0 Å². The van der Waals surface area contributed by atoms with Crippen molar-refractivity contribution in [2.75, 3.05) is 0 Å². The Morgan fingerprint density at radius 2 is 1.57 bits per heavy atom. The van der Waals surface area contributed by atoms with Crippen molar-refractivity contribution in [3.05, 3.63) is 58.1 Å². The normalized spacial score (nSPS) is 12.7. The first-order valence-electron chi connectivity index (χ1n) is 7.17. The smallest absolute Gasteiger partial charge is 0.198 e. The van der Waals surface area contributed by atoms with Gasteiger partial charge in [-0.15, -0.1) is 0 Å². The zero-order chi connectivity index (χ0) is 16.7. The summed E-state index contributed by atoms with van der Waals surface area (Å²) < 4.78 is 0. The Morgan fingerprint density at radius 1 is 1.00 bits per heavy atom. The van der Waals surface area contributed by atoms with E-state index in [0.29, 0.717) is 0 Å². The number of hydrogen-bond donors (Lipinski definition) is 2. The van der Waals surface area contributed by atoms with E-state index in [0.717, 1.165) is 0 Å². The van der Waals surface area contributed by atoms with E-state index in [9.17, 15) is 24.6 Å². The molecular weight excluding hydrogens is 296 g/mol. The van der Waals surface area contributed by atoms with Gasteiger partial charge in [0.15, 0.2) is 11.6 Å². The van der Waals surface area contributed by atoms with E-state index in [-0.39, 0.29) is 57.9 Å². The van der Waals surface area contributed by atoms with E-state index < -0.39 is 11.6 Å². The standard InChI is InChI=1S/C18H14O5/c1-9(19)6-7-10-8-13(20)14-15(16(10)21)18(23)12-5-3-2-4-11(12)17(14)22/h2-5,8,20-21H,6-7H2,1H3. The number of hydrogen-bond acceptors (Lipinski definition) is 5. The quantitative estimate of drug-likeness (QED) is 0.725. The molecule has 1 aliphatic carbocycles. The van der Waals surface area contributed by atoms with Crippen LogP contribution in [0.25, 0.3) is 0 Å². The first kappa shape index (κ1) is 15.0. The first-order valence-corrected chi connectivity index (χ1v) is 7.17. The zero-order valence-corrected chi connectivity index (χ0v) is 12.4. The van der Waals surface area contributed by atoms with Gasteiger partial charge in [0.1, 0.15) is 17.3 Å². The van der Waals surface area contributed by atoms with E-state index >= 15 is 0 Å². The van der Waals surface area contributed by atoms with Gasteiger partial charge < -0.3 is 15.0 Å². The predicted molar refractivity (Wildman–Crippen MR) is 82.1 cm³/mol. The number of carbonyl (C=O) groups is 3. The molecule has 0 aromatic heterocycles. The van der Waals surface area contributed by atoms with Crippen LogP contribution in [0.2, 0.25) is 0 Å². The van der Waals surface area contributed by atoms with Crippen LogP contribution < -0.4 is 0 Å². The maximum atomic E-state index is 12.6. The minimum absolute atomic E-state index is 0.0747. The van der Waals surface area contributed by atoms with Crippen molar-refractivity contribution in [2.45, 2.75) is 19.8 Å². The molecule has 2 aromatic rings. The minimum Gasteiger partial charge on any atom is -0.507 e. The van der Waals surface area contributed by atoms with Crippen LogP contribution in [0.15, 0.2) is 30.3 Å². The van der Waals surface area contributed by atoms with E-state index in [1.54, 1.807) is 12.1 Å². The Balaban J connectivity index is 2.20. The van der Waals surface area contributed by atoms with Crippen molar-refractivity contribution in [2.24, 2.45) is 0 Å². The molecule has 2 N–H and O–H groups in total. The summed E-state index contributed by atoms with van der Waals surface area (Å²) in [5.41, 5.74) is 0.307. The fourth-order valence-corrected chi connectivity index (χ4v) is 2.81. The third-order valence-corrected chi connectivity index (χ3v) is 3.97. The number of aryl methyl sites for hydroxylation is 1. The highest BCUT2D eigenvalue weighted by atomic mass is 16.3. The molecule has 23 heavy (non-hydrogen) atoms. The molecule has 1 aliphatic rings. The van der Waals surface area contributed by atoms with Crippen LogP contribution >= 0.6 is 0 Å². The van der Waals surface area contributed by atoms with Crippen LogP contribution in [0.3, 0.4) is 0 Å². The molecule has 0 radical (unpaired) electrons. The van der Waals surface area contributed by atoms with Gasteiger partial charge in [-0.2, -0.15) is 0 Å². The van der Waals surface area contributed by atoms with Crippen molar-refractivity contribution in [1.82, 2.24) is 0 Å². The number of rotatable bonds is 3. The summed E-state index contributed by atoms with van der Waals surface area (Å²) in [4.78, 5) is 36.3. The third-order valence-electron chi connectivity index (χ3n) is 3.97. The monoisotopic (exact) mass is 310 g/mol. The van der Waals surface area contributed by atoms with Crippen LogP contribution in [-0.2, 0) is 11.2 Å². The molecule has 2 aromatic carbocycles. The van der Waals surface area contributed by atoms with Gasteiger partial charge in [0.05, 0.1) is 11.1 Å². The second-order valence-corrected chi connectivity index (χ2v) is 5.56. The SMILES string of the molecule is CC(=O)CCc1cc(O)c2c(c1O)C(=O)c1ccccc1C2=O. The molecule has 0 fully saturated rings. The number of carbonyl (C=O) groups excluding carboxylic acids is 3. The van der Waals surface area contributed by atoms with E-state index in [1.165, 1.54) is 25.1 Å². The number of phenols is 2. The van der Waals surface area contributed by atoms with Crippen molar-refractivity contribution >= 4 is 17.3 Å². The van der Waals surface area contributed by atoms with Crippen LogP contribution in [0, 0.1) is 0 Å². The van der Waals surface area contributed by atoms with Gasteiger partial charge >= 0.3 is 0 Å². The fraction of sp³-hybridized carbons (Fsp3) is 0.167. The molecule has 0 aliphatic heterocycles. The summed E-state index contributed by atoms with van der Waals surface area (Å²) >= 11 is 0. The third kappa shape index (κ3) is 2.30. The van der Waals surface area contributed by atoms with Crippen LogP contribution in [-0.4, -0.2) is 27.6 Å². The van der Waals surface area contributed by atoms with Crippen molar-refractivity contribution < 1.29 is 24.6 Å². The largest absolute Gasteiger partial charge is 0.507 e. The van der Waals surface area contributed by atoms with Crippen molar-refractivity contribution in [3.63, 3.8) is 0 Å². The minimum atomic E-state index is -0.507. The van der Waals surface area contributed by atoms with Gasteiger partial charge in [-0.3, -0.25) is 9.59 Å². The number of fused-ring (bicyclic) bond motifs is 2. The highest BCUT2D eigenvalue weighted by Crippen LogP contribution is 2.40. The highest BCUT2D eigenvalue weighted by Gasteiger charge is 2.35. The molecule has 0 amide bonds. The highest BCUT2D eigenvalue weighted by molar-refractivity contribution is 6.30. The molecule has 0 atom stereocenters. The molecule has 3 rings (SSSR count). The molecule has 0 saturated carbocycles. The maximum absolute atomic E-state index is 12.6. The van der Waals surface area contributed by atoms with E-state index in [2.05, 4.69) is 0 Å². The van der Waals surface area contributed by atoms with Gasteiger partial charge in [-0.25, -0.2) is 0 Å². The van der Waals surface area contributed by atoms with E-state index in [1.807, 2.05) is 0 Å². The molecule has 0 bridgehead atoms. The summed E-state index contributed by atoms with van der Waals surface area (Å²) in [7, 11) is 0. The topological polar surface area (TPSA) is 91.7 Å². The van der Waals surface area contributed by atoms with Crippen LogP contribution in [0.5, 0.6) is 11.5 Å². The molecule has 0 heterocycles. The number of benzene rings is 2. The number of ketones is 3. The van der Waals surface area contributed by atoms with Gasteiger partial charge in [0, 0.05) is 17.5 Å². The molecule has 5 heteroatoms. The lowest BCUT2D eigenvalue weighted by atomic mass is 9.81. The summed E-state index contributed by atoms with van der Waals surface area (Å²) in [6.45, 7) is 1.42. The van der Waals surface area contributed by atoms with Crippen LogP contribution in [0.1, 0.15) is 50.8 Å². The number of Topliss-reactive ketones (excluding diaryl/α,β-unsaturated/α-hetero) is 1. The van der Waals surface area contributed by atoms with Gasteiger partial charge in [-0.1, -0.05) is 24.3 Å². The lowest BCUT2D eigenvalue weighted by molar-refractivity contribution is -0.116. The Hall–Kier alpha value is -2.95. The fourth-order valence-electron chi connectivity index (χ4n) is 2.81. The zero-order valence-electron chi connectivity index (χ0n) is 12.4. The second kappa shape index (κ2) is 5.35.